The summed E-state index contributed by atoms with van der Waals surface area (Å²) in [5.74, 6) is 1.03. The van der Waals surface area contributed by atoms with Crippen LogP contribution in [0.5, 0.6) is 5.75 Å². The summed E-state index contributed by atoms with van der Waals surface area (Å²) in [6, 6.07) is 7.78. The predicted octanol–water partition coefficient (Wildman–Crippen LogP) is 3.37. The number of para-hydroxylation sites is 2. The monoisotopic (exact) mass is 311 g/mol. The van der Waals surface area contributed by atoms with Gasteiger partial charge in [-0.3, -0.25) is 4.79 Å². The Bertz CT molecular complexity index is 409. The second-order valence-corrected chi connectivity index (χ2v) is 5.15. The lowest BCUT2D eigenvalue weighted by molar-refractivity contribution is -0.118. The Hall–Kier alpha value is -1.03. The molecule has 3 nitrogen and oxygen atoms in total. The molecule has 98 valence electrons. The molecular formula is C14H18BrNO2. The number of carbonyl (C=O) groups is 1. The number of fused-ring (bicyclic) bond motifs is 1. The highest BCUT2D eigenvalue weighted by Crippen LogP contribution is 2.31. The summed E-state index contributed by atoms with van der Waals surface area (Å²) >= 11 is 3.39. The molecule has 4 heteroatoms. The van der Waals surface area contributed by atoms with E-state index in [4.69, 9.17) is 4.74 Å². The summed E-state index contributed by atoms with van der Waals surface area (Å²) in [5.41, 5.74) is 0.916. The lowest BCUT2D eigenvalue weighted by Gasteiger charge is -2.21. The van der Waals surface area contributed by atoms with Crippen molar-refractivity contribution in [2.24, 2.45) is 0 Å². The minimum Gasteiger partial charge on any atom is -0.491 e. The number of amides is 1. The van der Waals surface area contributed by atoms with Gasteiger partial charge in [0.25, 0.3) is 0 Å². The Morgan fingerprint density at radius 3 is 3.00 bits per heavy atom. The molecule has 1 aliphatic rings. The SMILES string of the molecule is O=C(CCCCBr)N1CCCOc2ccccc21. The average Bonchev–Trinajstić information content (AvgIpc) is 2.61. The second-order valence-electron chi connectivity index (χ2n) is 4.36. The molecule has 1 aromatic rings. The van der Waals surface area contributed by atoms with Crippen molar-refractivity contribution < 1.29 is 9.53 Å². The molecular weight excluding hydrogens is 294 g/mol. The molecule has 0 unspecified atom stereocenters. The van der Waals surface area contributed by atoms with Crippen LogP contribution in [0.25, 0.3) is 0 Å². The molecule has 1 aromatic carbocycles. The molecule has 1 aliphatic heterocycles. The standard InChI is InChI=1S/C14H18BrNO2/c15-9-4-3-8-14(17)16-10-5-11-18-13-7-2-1-6-12(13)16/h1-2,6-7H,3-5,8-11H2. The first-order chi connectivity index (χ1) is 8.83. The zero-order valence-electron chi connectivity index (χ0n) is 10.4. The van der Waals surface area contributed by atoms with Crippen molar-refractivity contribution in [3.8, 4) is 5.75 Å². The lowest BCUT2D eigenvalue weighted by Crippen LogP contribution is -2.31. The molecule has 0 radical (unpaired) electrons. The minimum atomic E-state index is 0.203. The number of unbranched alkanes of at least 4 members (excludes halogenated alkanes) is 1. The normalized spacial score (nSPS) is 14.6. The molecule has 18 heavy (non-hydrogen) atoms. The van der Waals surface area contributed by atoms with E-state index >= 15 is 0 Å². The van der Waals surface area contributed by atoms with Gasteiger partial charge < -0.3 is 9.64 Å². The van der Waals surface area contributed by atoms with Crippen LogP contribution in [0.3, 0.4) is 0 Å². The Kier molecular flexibility index (Phi) is 5.05. The van der Waals surface area contributed by atoms with E-state index < -0.39 is 0 Å². The molecule has 0 bridgehead atoms. The third-order valence-electron chi connectivity index (χ3n) is 3.02. The van der Waals surface area contributed by atoms with Gasteiger partial charge in [-0.2, -0.15) is 0 Å². The van der Waals surface area contributed by atoms with Crippen LogP contribution < -0.4 is 9.64 Å². The van der Waals surface area contributed by atoms with Gasteiger partial charge in [0, 0.05) is 18.3 Å². The Morgan fingerprint density at radius 2 is 2.17 bits per heavy atom. The van der Waals surface area contributed by atoms with Gasteiger partial charge in [0.2, 0.25) is 5.91 Å². The summed E-state index contributed by atoms with van der Waals surface area (Å²) < 4.78 is 5.65. The van der Waals surface area contributed by atoms with Crippen molar-refractivity contribution in [2.75, 3.05) is 23.4 Å². The van der Waals surface area contributed by atoms with E-state index in [0.717, 1.165) is 42.6 Å². The minimum absolute atomic E-state index is 0.203. The first-order valence-electron chi connectivity index (χ1n) is 6.41. The number of halogens is 1. The maximum Gasteiger partial charge on any atom is 0.227 e. The fraction of sp³-hybridized carbons (Fsp3) is 0.500. The van der Waals surface area contributed by atoms with E-state index in [9.17, 15) is 4.79 Å². The van der Waals surface area contributed by atoms with Gasteiger partial charge in [0.15, 0.2) is 0 Å². The zero-order chi connectivity index (χ0) is 12.8. The molecule has 0 saturated carbocycles. The van der Waals surface area contributed by atoms with Gasteiger partial charge in [-0.05, 0) is 31.4 Å². The highest BCUT2D eigenvalue weighted by Gasteiger charge is 2.20. The van der Waals surface area contributed by atoms with Gasteiger partial charge in [-0.25, -0.2) is 0 Å². The summed E-state index contributed by atoms with van der Waals surface area (Å²) in [5, 5.41) is 0.958. The lowest BCUT2D eigenvalue weighted by atomic mass is 10.2. The van der Waals surface area contributed by atoms with Gasteiger partial charge in [0.1, 0.15) is 5.75 Å². The van der Waals surface area contributed by atoms with Crippen molar-refractivity contribution in [1.29, 1.82) is 0 Å². The molecule has 1 heterocycles. The molecule has 1 amide bonds. The van der Waals surface area contributed by atoms with E-state index in [-0.39, 0.29) is 5.91 Å². The van der Waals surface area contributed by atoms with Crippen LogP contribution in [0.1, 0.15) is 25.7 Å². The van der Waals surface area contributed by atoms with E-state index in [2.05, 4.69) is 15.9 Å². The van der Waals surface area contributed by atoms with E-state index in [1.54, 1.807) is 0 Å². The Morgan fingerprint density at radius 1 is 1.33 bits per heavy atom. The number of alkyl halides is 1. The molecule has 0 N–H and O–H groups in total. The van der Waals surface area contributed by atoms with Crippen LogP contribution >= 0.6 is 15.9 Å². The van der Waals surface area contributed by atoms with Gasteiger partial charge in [0.05, 0.1) is 12.3 Å². The van der Waals surface area contributed by atoms with Gasteiger partial charge in [-0.1, -0.05) is 28.1 Å². The van der Waals surface area contributed by atoms with Crippen LogP contribution in [0, 0.1) is 0 Å². The van der Waals surface area contributed by atoms with Crippen molar-refractivity contribution in [3.63, 3.8) is 0 Å². The first kappa shape index (κ1) is 13.4. The molecule has 0 spiro atoms. The predicted molar refractivity (Wildman–Crippen MR) is 76.6 cm³/mol. The molecule has 2 rings (SSSR count). The fourth-order valence-electron chi connectivity index (χ4n) is 2.09. The Balaban J connectivity index is 2.09. The van der Waals surface area contributed by atoms with Crippen LogP contribution in [0.15, 0.2) is 24.3 Å². The summed E-state index contributed by atoms with van der Waals surface area (Å²) in [7, 11) is 0. The smallest absolute Gasteiger partial charge is 0.227 e. The number of rotatable bonds is 4. The van der Waals surface area contributed by atoms with Gasteiger partial charge in [-0.15, -0.1) is 0 Å². The largest absolute Gasteiger partial charge is 0.491 e. The second kappa shape index (κ2) is 6.78. The molecule has 0 aromatic heterocycles. The van der Waals surface area contributed by atoms with Crippen molar-refractivity contribution in [2.45, 2.75) is 25.7 Å². The van der Waals surface area contributed by atoms with Crippen LogP contribution in [-0.4, -0.2) is 24.4 Å². The van der Waals surface area contributed by atoms with E-state index in [1.807, 2.05) is 29.2 Å². The number of hydrogen-bond acceptors (Lipinski definition) is 2. The van der Waals surface area contributed by atoms with Crippen LogP contribution in [-0.2, 0) is 4.79 Å². The van der Waals surface area contributed by atoms with Crippen LogP contribution in [0.4, 0.5) is 5.69 Å². The molecule has 0 aliphatic carbocycles. The number of nitrogens with zero attached hydrogens (tertiary/aromatic N) is 1. The van der Waals surface area contributed by atoms with Crippen LogP contribution in [0.2, 0.25) is 0 Å². The topological polar surface area (TPSA) is 29.5 Å². The highest BCUT2D eigenvalue weighted by atomic mass is 79.9. The number of anilines is 1. The Labute approximate surface area is 116 Å². The number of carbonyl (C=O) groups excluding carboxylic acids is 1. The molecule has 0 saturated heterocycles. The molecule has 0 atom stereocenters. The van der Waals surface area contributed by atoms with E-state index in [0.29, 0.717) is 13.0 Å². The van der Waals surface area contributed by atoms with Crippen molar-refractivity contribution in [1.82, 2.24) is 0 Å². The summed E-state index contributed by atoms with van der Waals surface area (Å²) in [6.45, 7) is 1.44. The van der Waals surface area contributed by atoms with Crippen molar-refractivity contribution >= 4 is 27.5 Å². The summed E-state index contributed by atoms with van der Waals surface area (Å²) in [6.07, 6.45) is 3.47. The average molecular weight is 312 g/mol. The van der Waals surface area contributed by atoms with Crippen molar-refractivity contribution in [3.05, 3.63) is 24.3 Å². The third kappa shape index (κ3) is 3.25. The number of benzene rings is 1. The molecule has 0 fully saturated rings. The van der Waals surface area contributed by atoms with Gasteiger partial charge >= 0.3 is 0 Å². The third-order valence-corrected chi connectivity index (χ3v) is 3.58. The quantitative estimate of drug-likeness (QED) is 0.630. The highest BCUT2D eigenvalue weighted by molar-refractivity contribution is 9.09. The van der Waals surface area contributed by atoms with E-state index in [1.165, 1.54) is 0 Å². The number of ether oxygens (including phenoxy) is 1. The summed E-state index contributed by atoms with van der Waals surface area (Å²) in [4.78, 5) is 14.1. The maximum absolute atomic E-state index is 12.2. The maximum atomic E-state index is 12.2. The number of hydrogen-bond donors (Lipinski definition) is 0. The fourth-order valence-corrected chi connectivity index (χ4v) is 2.49. The zero-order valence-corrected chi connectivity index (χ0v) is 12.0. The first-order valence-corrected chi connectivity index (χ1v) is 7.53.